The molecule has 0 aromatic carbocycles. The minimum Gasteiger partial charge on any atom is -0.351 e. The highest BCUT2D eigenvalue weighted by atomic mass is 16.5. The van der Waals surface area contributed by atoms with Gasteiger partial charge in [-0.25, -0.2) is 0 Å². The number of aromatic nitrogens is 2. The van der Waals surface area contributed by atoms with Gasteiger partial charge in [0.15, 0.2) is 5.82 Å². The molecule has 0 aliphatic heterocycles. The molecule has 0 amide bonds. The van der Waals surface area contributed by atoms with Crippen LogP contribution in [0.2, 0.25) is 0 Å². The summed E-state index contributed by atoms with van der Waals surface area (Å²) in [5.74, 6) is 0.663. The summed E-state index contributed by atoms with van der Waals surface area (Å²) in [6, 6.07) is 0.138. The lowest BCUT2D eigenvalue weighted by atomic mass is 10.4. The molecule has 1 rings (SSSR count). The fourth-order valence-electron chi connectivity index (χ4n) is 0.693. The van der Waals surface area contributed by atoms with Crippen LogP contribution >= 0.6 is 0 Å². The molecule has 1 aromatic rings. The third-order valence-electron chi connectivity index (χ3n) is 1.27. The van der Waals surface area contributed by atoms with E-state index in [1.165, 1.54) is 0 Å². The molecule has 0 saturated heterocycles. The maximum atomic E-state index is 5.23. The molecule has 0 atom stereocenters. The van der Waals surface area contributed by atoms with E-state index in [-0.39, 0.29) is 6.01 Å². The molecule has 0 radical (unpaired) electrons. The highest BCUT2D eigenvalue weighted by Gasteiger charge is 2.01. The Labute approximate surface area is 65.2 Å². The molecule has 0 unspecified atom stereocenters. The largest absolute Gasteiger partial charge is 0.351 e. The summed E-state index contributed by atoms with van der Waals surface area (Å²) in [5.41, 5.74) is 5.23. The minimum absolute atomic E-state index is 0.138. The van der Waals surface area contributed by atoms with Crippen LogP contribution in [0.5, 0.6) is 0 Å². The quantitative estimate of drug-likeness (QED) is 0.654. The van der Waals surface area contributed by atoms with E-state index in [9.17, 15) is 0 Å². The monoisotopic (exact) mass is 156 g/mol. The molecule has 0 aliphatic carbocycles. The molecule has 1 heterocycles. The van der Waals surface area contributed by atoms with Crippen molar-refractivity contribution in [1.29, 1.82) is 0 Å². The molecule has 5 nitrogen and oxygen atoms in total. The Kier molecular flexibility index (Phi) is 2.43. The van der Waals surface area contributed by atoms with E-state index >= 15 is 0 Å². The summed E-state index contributed by atoms with van der Waals surface area (Å²) in [6.45, 7) is 0.902. The van der Waals surface area contributed by atoms with E-state index in [4.69, 9.17) is 5.73 Å². The molecule has 0 fully saturated rings. The Hall–Kier alpha value is -1.10. The van der Waals surface area contributed by atoms with E-state index in [1.807, 2.05) is 19.0 Å². The number of likely N-dealkylation sites (N-methyl/N-ethyl adjacent to an activating group) is 1. The molecular formula is C6H12N4O. The first-order chi connectivity index (χ1) is 5.18. The van der Waals surface area contributed by atoms with Crippen LogP contribution in [0.1, 0.15) is 5.82 Å². The van der Waals surface area contributed by atoms with Gasteiger partial charge in [-0.2, -0.15) is 4.98 Å². The predicted molar refractivity (Wildman–Crippen MR) is 41.0 cm³/mol. The van der Waals surface area contributed by atoms with Gasteiger partial charge in [0, 0.05) is 13.0 Å². The van der Waals surface area contributed by atoms with Crippen molar-refractivity contribution in [2.45, 2.75) is 6.42 Å². The average Bonchev–Trinajstić information content (AvgIpc) is 2.31. The molecule has 0 bridgehead atoms. The van der Waals surface area contributed by atoms with E-state index in [1.54, 1.807) is 0 Å². The minimum atomic E-state index is 0.138. The first kappa shape index (κ1) is 8.00. The third-order valence-corrected chi connectivity index (χ3v) is 1.27. The maximum Gasteiger partial charge on any atom is 0.318 e. The van der Waals surface area contributed by atoms with Gasteiger partial charge < -0.3 is 15.2 Å². The molecule has 11 heavy (non-hydrogen) atoms. The highest BCUT2D eigenvalue weighted by Crippen LogP contribution is 1.98. The van der Waals surface area contributed by atoms with Gasteiger partial charge in [-0.15, -0.1) is 0 Å². The van der Waals surface area contributed by atoms with Crippen molar-refractivity contribution < 1.29 is 4.52 Å². The SMILES string of the molecule is CN(C)CCc1noc(N)n1. The van der Waals surface area contributed by atoms with Crippen molar-refractivity contribution >= 4 is 6.01 Å². The number of hydrogen-bond donors (Lipinski definition) is 1. The van der Waals surface area contributed by atoms with Crippen molar-refractivity contribution in [2.24, 2.45) is 0 Å². The van der Waals surface area contributed by atoms with Crippen LogP contribution in [0.3, 0.4) is 0 Å². The van der Waals surface area contributed by atoms with Crippen LogP contribution in [-0.2, 0) is 6.42 Å². The number of rotatable bonds is 3. The van der Waals surface area contributed by atoms with E-state index in [0.29, 0.717) is 5.82 Å². The van der Waals surface area contributed by atoms with Gasteiger partial charge in [0.1, 0.15) is 0 Å². The lowest BCUT2D eigenvalue weighted by Gasteiger charge is -2.05. The van der Waals surface area contributed by atoms with E-state index in [2.05, 4.69) is 14.7 Å². The molecule has 0 saturated carbocycles. The molecule has 62 valence electrons. The van der Waals surface area contributed by atoms with Crippen molar-refractivity contribution in [3.8, 4) is 0 Å². The zero-order valence-electron chi connectivity index (χ0n) is 6.74. The van der Waals surface area contributed by atoms with Gasteiger partial charge in [-0.1, -0.05) is 5.16 Å². The Morgan fingerprint density at radius 3 is 2.73 bits per heavy atom. The number of nitrogens with zero attached hydrogens (tertiary/aromatic N) is 3. The standard InChI is InChI=1S/C6H12N4O/c1-10(2)4-3-5-8-6(7)11-9-5/h3-4H2,1-2H3,(H2,7,8,9). The van der Waals surface area contributed by atoms with Crippen LogP contribution in [0.25, 0.3) is 0 Å². The Bertz CT molecular complexity index is 220. The summed E-state index contributed by atoms with van der Waals surface area (Å²) in [5, 5.41) is 3.65. The molecule has 1 aromatic heterocycles. The van der Waals surface area contributed by atoms with Gasteiger partial charge in [-0.05, 0) is 14.1 Å². The second-order valence-electron chi connectivity index (χ2n) is 2.60. The molecule has 2 N–H and O–H groups in total. The highest BCUT2D eigenvalue weighted by molar-refractivity contribution is 5.07. The van der Waals surface area contributed by atoms with Crippen LogP contribution < -0.4 is 5.73 Å². The Morgan fingerprint density at radius 1 is 1.55 bits per heavy atom. The topological polar surface area (TPSA) is 68.2 Å². The Morgan fingerprint density at radius 2 is 2.27 bits per heavy atom. The number of hydrogen-bond acceptors (Lipinski definition) is 5. The smallest absolute Gasteiger partial charge is 0.318 e. The summed E-state index contributed by atoms with van der Waals surface area (Å²) < 4.78 is 4.59. The van der Waals surface area contributed by atoms with Crippen molar-refractivity contribution in [2.75, 3.05) is 26.4 Å². The van der Waals surface area contributed by atoms with Crippen molar-refractivity contribution in [1.82, 2.24) is 15.0 Å². The van der Waals surface area contributed by atoms with Crippen LogP contribution in [0, 0.1) is 0 Å². The first-order valence-electron chi connectivity index (χ1n) is 3.41. The van der Waals surface area contributed by atoms with Gasteiger partial charge in [0.25, 0.3) is 0 Å². The zero-order valence-corrected chi connectivity index (χ0v) is 6.74. The summed E-state index contributed by atoms with van der Waals surface area (Å²) in [4.78, 5) is 5.90. The second kappa shape index (κ2) is 3.34. The normalized spacial score (nSPS) is 10.8. The summed E-state index contributed by atoms with van der Waals surface area (Å²) in [7, 11) is 3.98. The van der Waals surface area contributed by atoms with Crippen molar-refractivity contribution in [3.05, 3.63) is 5.82 Å². The lowest BCUT2D eigenvalue weighted by molar-refractivity contribution is 0.393. The Balaban J connectivity index is 2.39. The van der Waals surface area contributed by atoms with Crippen LogP contribution in [0.4, 0.5) is 6.01 Å². The zero-order chi connectivity index (χ0) is 8.27. The fourth-order valence-corrected chi connectivity index (χ4v) is 0.693. The van der Waals surface area contributed by atoms with E-state index < -0.39 is 0 Å². The lowest BCUT2D eigenvalue weighted by Crippen LogP contribution is -2.15. The third kappa shape index (κ3) is 2.55. The molecule has 0 aliphatic rings. The van der Waals surface area contributed by atoms with Crippen LogP contribution in [-0.4, -0.2) is 35.7 Å². The number of nitrogen functional groups attached to an aromatic ring is 1. The predicted octanol–water partition coefficient (Wildman–Crippen LogP) is -0.244. The van der Waals surface area contributed by atoms with E-state index in [0.717, 1.165) is 13.0 Å². The summed E-state index contributed by atoms with van der Waals surface area (Å²) in [6.07, 6.45) is 0.772. The molecular weight excluding hydrogens is 144 g/mol. The average molecular weight is 156 g/mol. The first-order valence-corrected chi connectivity index (χ1v) is 3.41. The number of anilines is 1. The molecule has 5 heteroatoms. The van der Waals surface area contributed by atoms with Gasteiger partial charge in [0.2, 0.25) is 0 Å². The summed E-state index contributed by atoms with van der Waals surface area (Å²) >= 11 is 0. The maximum absolute atomic E-state index is 5.23. The number of nitrogens with two attached hydrogens (primary N) is 1. The second-order valence-corrected chi connectivity index (χ2v) is 2.60. The van der Waals surface area contributed by atoms with Gasteiger partial charge in [-0.3, -0.25) is 0 Å². The van der Waals surface area contributed by atoms with Crippen molar-refractivity contribution in [3.63, 3.8) is 0 Å². The van der Waals surface area contributed by atoms with Gasteiger partial charge >= 0.3 is 6.01 Å². The van der Waals surface area contributed by atoms with Crippen LogP contribution in [0.15, 0.2) is 4.52 Å². The molecule has 0 spiro atoms. The fraction of sp³-hybridized carbons (Fsp3) is 0.667. The van der Waals surface area contributed by atoms with Gasteiger partial charge in [0.05, 0.1) is 0 Å².